The summed E-state index contributed by atoms with van der Waals surface area (Å²) in [7, 11) is 3.84. The Morgan fingerprint density at radius 1 is 0.620 bits per heavy atom. The maximum absolute atomic E-state index is 14.1. The fourth-order valence-electron chi connectivity index (χ4n) is 10.2. The summed E-state index contributed by atoms with van der Waals surface area (Å²) in [6, 6.07) is 14.3. The van der Waals surface area contributed by atoms with E-state index in [1.54, 1.807) is 68.8 Å². The Kier molecular flexibility index (Phi) is 18.1. The van der Waals surface area contributed by atoms with Gasteiger partial charge in [0.25, 0.3) is 35.4 Å². The summed E-state index contributed by atoms with van der Waals surface area (Å²) in [5.41, 5.74) is 7.90. The number of unbranched alkanes of at least 4 members (excludes halogenated alkanes) is 2. The molecule has 22 nitrogen and oxygen atoms in total. The molecule has 0 aliphatic carbocycles. The van der Waals surface area contributed by atoms with Crippen molar-refractivity contribution in [3.05, 3.63) is 114 Å². The van der Waals surface area contributed by atoms with E-state index < -0.39 is 41.7 Å². The van der Waals surface area contributed by atoms with Gasteiger partial charge in [-0.05, 0) is 102 Å². The molecule has 2 atom stereocenters. The molecule has 22 heteroatoms. The average Bonchev–Trinajstić information content (AvgIpc) is 4.24. The number of nitrogens with one attached hydrogen (secondary N) is 4. The molecule has 0 saturated heterocycles. The molecule has 4 aromatic carbocycles. The number of hydrogen-bond acceptors (Lipinski definition) is 13. The maximum Gasteiger partial charge on any atom is 0.312 e. The van der Waals surface area contributed by atoms with Gasteiger partial charge in [0.15, 0.2) is 0 Å². The molecule has 0 fully saturated rings. The first-order valence-electron chi connectivity index (χ1n) is 26.6. The number of amides is 11. The summed E-state index contributed by atoms with van der Waals surface area (Å²) in [5.74, 6) is -4.36. The highest BCUT2D eigenvalue weighted by molar-refractivity contribution is 6.28. The molecule has 1 aromatic heterocycles. The van der Waals surface area contributed by atoms with Crippen LogP contribution in [0.5, 0.6) is 0 Å². The van der Waals surface area contributed by atoms with Crippen LogP contribution in [0.3, 0.4) is 0 Å². The van der Waals surface area contributed by atoms with Crippen LogP contribution in [0.4, 0.5) is 10.5 Å². The molecular formula is C57H66N12O10. The molecule has 3 aliphatic heterocycles. The number of hydrogen-bond donors (Lipinski definition) is 5. The molecular weight excluding hydrogens is 1010 g/mol. The number of imide groups is 3. The Bertz CT molecular complexity index is 3180. The minimum atomic E-state index is -1.15. The second kappa shape index (κ2) is 25.2. The summed E-state index contributed by atoms with van der Waals surface area (Å²) in [6.45, 7) is 6.32. The number of anilines is 1. The van der Waals surface area contributed by atoms with Gasteiger partial charge in [-0.3, -0.25) is 57.9 Å². The van der Waals surface area contributed by atoms with Gasteiger partial charge in [-0.1, -0.05) is 44.5 Å². The fourth-order valence-corrected chi connectivity index (χ4v) is 10.2. The number of imidazole rings is 1. The van der Waals surface area contributed by atoms with Crippen molar-refractivity contribution in [2.75, 3.05) is 71.8 Å². The van der Waals surface area contributed by atoms with Crippen molar-refractivity contribution in [2.45, 2.75) is 70.9 Å². The topological polar surface area (TPSA) is 279 Å². The van der Waals surface area contributed by atoms with Crippen molar-refractivity contribution < 1.29 is 47.9 Å². The fraction of sp³-hybridized carbons (Fsp3) is 0.386. The molecule has 8 rings (SSSR count). The predicted molar refractivity (Wildman–Crippen MR) is 294 cm³/mol. The van der Waals surface area contributed by atoms with Crippen molar-refractivity contribution in [3.63, 3.8) is 0 Å². The van der Waals surface area contributed by atoms with E-state index in [0.717, 1.165) is 22.4 Å². The third-order valence-electron chi connectivity index (χ3n) is 14.5. The molecule has 11 amide bonds. The summed E-state index contributed by atoms with van der Waals surface area (Å²) in [4.78, 5) is 144. The number of rotatable bonds is 27. The van der Waals surface area contributed by atoms with Crippen molar-refractivity contribution in [1.82, 2.24) is 50.0 Å². The molecule has 6 N–H and O–H groups in total. The van der Waals surface area contributed by atoms with Crippen LogP contribution < -0.4 is 27.0 Å². The van der Waals surface area contributed by atoms with Crippen molar-refractivity contribution in [1.29, 1.82) is 0 Å². The van der Waals surface area contributed by atoms with Gasteiger partial charge >= 0.3 is 6.03 Å². The predicted octanol–water partition coefficient (Wildman–Crippen LogP) is 3.82. The van der Waals surface area contributed by atoms with Gasteiger partial charge in [-0.2, -0.15) is 0 Å². The number of carbonyl (C=O) groups is 10. The lowest BCUT2D eigenvalue weighted by Gasteiger charge is -2.30. The van der Waals surface area contributed by atoms with Gasteiger partial charge in [-0.25, -0.2) is 9.78 Å². The lowest BCUT2D eigenvalue weighted by atomic mass is 9.93. The van der Waals surface area contributed by atoms with E-state index in [0.29, 0.717) is 78.4 Å². The largest absolute Gasteiger partial charge is 0.352 e. The highest BCUT2D eigenvalue weighted by Crippen LogP contribution is 2.36. The average molecular weight is 1080 g/mol. The lowest BCUT2D eigenvalue weighted by Crippen LogP contribution is -2.54. The Balaban J connectivity index is 0.829. The number of carbonyl (C=O) groups excluding carboxylic acids is 10. The van der Waals surface area contributed by atoms with Crippen LogP contribution in [0, 0.1) is 5.92 Å². The van der Waals surface area contributed by atoms with Gasteiger partial charge in [-0.15, -0.1) is 0 Å². The molecule has 0 bridgehead atoms. The summed E-state index contributed by atoms with van der Waals surface area (Å²) in [5, 5.41) is 13.2. The molecule has 79 heavy (non-hydrogen) atoms. The first kappa shape index (κ1) is 56.6. The van der Waals surface area contributed by atoms with Crippen molar-refractivity contribution >= 4 is 86.4 Å². The minimum Gasteiger partial charge on any atom is -0.352 e. The summed E-state index contributed by atoms with van der Waals surface area (Å²) in [6.07, 6.45) is 10.3. The SMILES string of the molecule is CC(C)C(NC(=O)CCCCCN1C(=O)C=CC1=O)C(=O)NC(CCCNC(N)=O)C(=O)Nc1ccc2c3c(cccc13)C(=O)N(CCN(C)CCCN(C)CCN1C(=O)c3cccc4c(-n5ccnc5)ccc(c34)C1=O)C2=O. The van der Waals surface area contributed by atoms with Gasteiger partial charge in [0, 0.05) is 120 Å². The van der Waals surface area contributed by atoms with E-state index in [1.807, 2.05) is 48.0 Å². The zero-order valence-corrected chi connectivity index (χ0v) is 44.8. The smallest absolute Gasteiger partial charge is 0.312 e. The summed E-state index contributed by atoms with van der Waals surface area (Å²) < 4.78 is 1.85. The van der Waals surface area contributed by atoms with Crippen LogP contribution >= 0.6 is 0 Å². The monoisotopic (exact) mass is 1080 g/mol. The van der Waals surface area contributed by atoms with Crippen LogP contribution in [0.25, 0.3) is 27.2 Å². The second-order valence-corrected chi connectivity index (χ2v) is 20.4. The number of benzene rings is 4. The number of likely N-dealkylation sites (N-methyl/N-ethyl adjacent to an activating group) is 2. The normalized spacial score (nSPS) is 14.8. The van der Waals surface area contributed by atoms with Crippen LogP contribution in [-0.4, -0.2) is 172 Å². The Morgan fingerprint density at radius 3 is 1.78 bits per heavy atom. The van der Waals surface area contributed by atoms with Gasteiger partial charge in [0.1, 0.15) is 12.1 Å². The Labute approximate surface area is 456 Å². The van der Waals surface area contributed by atoms with Crippen LogP contribution in [0.15, 0.2) is 91.5 Å². The van der Waals surface area contributed by atoms with E-state index >= 15 is 0 Å². The Hall–Kier alpha value is -8.63. The first-order valence-corrected chi connectivity index (χ1v) is 26.6. The standard InChI is InChI=1S/C57H66N12O10/c1-35(2)50(63-45(70)17-6-5-7-28-67-46(71)22-23-47(67)72)52(74)62-43(16-10-24-60-57(58)79)51(73)61-42-20-18-40-48-36(42)12-8-14-38(48)53(75)68(55(40)77)32-30-64(3)26-11-27-65(4)31-33-69-54(76)39-15-9-13-37-44(66-29-25-59-34-66)21-19-41(49(37)39)56(69)78/h8-9,12-15,18-23,25,29,34-35,43,50H,5-7,10-11,16-17,24,26-28,30-33H2,1-4H3,(H,61,73)(H,62,74)(H,63,70)(H3,58,60,79). The highest BCUT2D eigenvalue weighted by atomic mass is 16.2. The van der Waals surface area contributed by atoms with E-state index in [2.05, 4.69) is 31.2 Å². The van der Waals surface area contributed by atoms with Gasteiger partial charge in [0.2, 0.25) is 17.7 Å². The number of nitrogens with two attached hydrogens (primary N) is 1. The van der Waals surface area contributed by atoms with Crippen LogP contribution in [-0.2, 0) is 24.0 Å². The maximum atomic E-state index is 14.1. The molecule has 5 aromatic rings. The second-order valence-electron chi connectivity index (χ2n) is 20.4. The van der Waals surface area contributed by atoms with E-state index in [-0.39, 0.29) is 92.0 Å². The molecule has 3 aliphatic rings. The number of primary amides is 1. The lowest BCUT2D eigenvalue weighted by molar-refractivity contribution is -0.137. The first-order chi connectivity index (χ1) is 37.9. The van der Waals surface area contributed by atoms with Crippen molar-refractivity contribution in [2.24, 2.45) is 11.7 Å². The third kappa shape index (κ3) is 12.9. The number of nitrogens with zero attached hydrogens (tertiary/aromatic N) is 7. The zero-order valence-electron chi connectivity index (χ0n) is 44.8. The van der Waals surface area contributed by atoms with E-state index in [1.165, 1.54) is 22.0 Å². The Morgan fingerprint density at radius 2 is 1.20 bits per heavy atom. The zero-order chi connectivity index (χ0) is 56.5. The van der Waals surface area contributed by atoms with Gasteiger partial charge in [0.05, 0.1) is 12.0 Å². The third-order valence-corrected chi connectivity index (χ3v) is 14.5. The van der Waals surface area contributed by atoms with E-state index in [9.17, 15) is 47.9 Å². The minimum absolute atomic E-state index is 0.0683. The molecule has 2 unspecified atom stereocenters. The van der Waals surface area contributed by atoms with Crippen molar-refractivity contribution in [3.8, 4) is 5.69 Å². The molecule has 4 heterocycles. The van der Waals surface area contributed by atoms with E-state index in [4.69, 9.17) is 5.73 Å². The molecule has 0 saturated carbocycles. The molecule has 0 spiro atoms. The quantitative estimate of drug-likeness (QED) is 0.0370. The number of urea groups is 1. The van der Waals surface area contributed by atoms with Crippen LogP contribution in [0.1, 0.15) is 100 Å². The summed E-state index contributed by atoms with van der Waals surface area (Å²) >= 11 is 0. The number of aromatic nitrogens is 2. The highest BCUT2D eigenvalue weighted by Gasteiger charge is 2.36. The molecule has 0 radical (unpaired) electrons. The van der Waals surface area contributed by atoms with Gasteiger partial charge < -0.3 is 41.4 Å². The van der Waals surface area contributed by atoms with Crippen LogP contribution in [0.2, 0.25) is 0 Å². The molecule has 414 valence electrons.